The molecule has 5 rings (SSSR count). The van der Waals surface area contributed by atoms with Crippen LogP contribution in [0.15, 0.2) is 24.3 Å². The summed E-state index contributed by atoms with van der Waals surface area (Å²) in [6, 6.07) is 5.39. The highest BCUT2D eigenvalue weighted by Crippen LogP contribution is 2.28. The van der Waals surface area contributed by atoms with Gasteiger partial charge in [0.1, 0.15) is 30.1 Å². The lowest BCUT2D eigenvalue weighted by molar-refractivity contribution is -0.145. The van der Waals surface area contributed by atoms with E-state index in [2.05, 4.69) is 15.6 Å². The van der Waals surface area contributed by atoms with Gasteiger partial charge in [0.05, 0.1) is 18.7 Å². The van der Waals surface area contributed by atoms with E-state index < -0.39 is 36.0 Å². The molecular formula is C39H54N6O10. The number of likely N-dealkylation sites (tertiary alicyclic amines) is 1. The van der Waals surface area contributed by atoms with E-state index in [1.165, 1.54) is 6.07 Å². The summed E-state index contributed by atoms with van der Waals surface area (Å²) in [6.45, 7) is 7.85. The lowest BCUT2D eigenvalue weighted by atomic mass is 10.1. The number of hydrogen-bond acceptors (Lipinski definition) is 11. The molecule has 300 valence electrons. The van der Waals surface area contributed by atoms with E-state index in [0.717, 1.165) is 31.2 Å². The van der Waals surface area contributed by atoms with Crippen LogP contribution in [0.2, 0.25) is 0 Å². The number of amides is 5. The Balaban J connectivity index is 1.29. The maximum absolute atomic E-state index is 13.9. The highest BCUT2D eigenvalue weighted by Gasteiger charge is 2.37. The monoisotopic (exact) mass is 766 g/mol. The SMILES string of the molecule is CCCCOC(=O)N1CCN(C(=O)C(CCC(=O)OCCOCC)NC(=O)c2cc(OCC(=O)N3CCCC3C(=O)NC3CC3)c3ccc(C)cc3n2)CC1. The maximum Gasteiger partial charge on any atom is 0.409 e. The van der Waals surface area contributed by atoms with Crippen LogP contribution in [0.1, 0.15) is 81.3 Å². The number of nitrogens with zero attached hydrogens (tertiary/aromatic N) is 4. The predicted molar refractivity (Wildman–Crippen MR) is 200 cm³/mol. The highest BCUT2D eigenvalue weighted by molar-refractivity contribution is 5.99. The summed E-state index contributed by atoms with van der Waals surface area (Å²) in [5.74, 6) is -1.90. The molecule has 16 heteroatoms. The van der Waals surface area contributed by atoms with Crippen molar-refractivity contribution >= 4 is 46.6 Å². The van der Waals surface area contributed by atoms with Crippen LogP contribution in [-0.2, 0) is 33.4 Å². The van der Waals surface area contributed by atoms with Crippen molar-refractivity contribution < 1.29 is 47.7 Å². The van der Waals surface area contributed by atoms with E-state index in [1.807, 2.05) is 26.8 Å². The number of esters is 1. The van der Waals surface area contributed by atoms with Crippen LogP contribution in [0.25, 0.3) is 10.9 Å². The minimum Gasteiger partial charge on any atom is -0.483 e. The van der Waals surface area contributed by atoms with Gasteiger partial charge in [-0.15, -0.1) is 0 Å². The second-order valence-corrected chi connectivity index (χ2v) is 14.1. The number of carbonyl (C=O) groups excluding carboxylic acids is 6. The molecule has 1 saturated carbocycles. The summed E-state index contributed by atoms with van der Waals surface area (Å²) in [5.41, 5.74) is 1.27. The van der Waals surface area contributed by atoms with Crippen molar-refractivity contribution in [2.75, 3.05) is 65.8 Å². The van der Waals surface area contributed by atoms with E-state index >= 15 is 0 Å². The molecule has 1 aromatic carbocycles. The molecular weight excluding hydrogens is 712 g/mol. The zero-order valence-electron chi connectivity index (χ0n) is 32.1. The van der Waals surface area contributed by atoms with Crippen molar-refractivity contribution in [2.24, 2.45) is 0 Å². The predicted octanol–water partition coefficient (Wildman–Crippen LogP) is 2.73. The fraction of sp³-hybridized carbons (Fsp3) is 0.615. The number of aromatic nitrogens is 1. The molecule has 2 aromatic rings. The van der Waals surface area contributed by atoms with E-state index in [1.54, 1.807) is 26.8 Å². The molecule has 0 bridgehead atoms. The Labute approximate surface area is 321 Å². The molecule has 2 aliphatic heterocycles. The number of piperazine rings is 1. The average Bonchev–Trinajstić information content (AvgIpc) is 3.86. The molecule has 3 aliphatic rings. The van der Waals surface area contributed by atoms with Gasteiger partial charge in [-0.2, -0.15) is 0 Å². The van der Waals surface area contributed by atoms with Gasteiger partial charge >= 0.3 is 12.1 Å². The number of hydrogen-bond donors (Lipinski definition) is 2. The van der Waals surface area contributed by atoms with E-state index in [9.17, 15) is 28.8 Å². The summed E-state index contributed by atoms with van der Waals surface area (Å²) in [4.78, 5) is 88.3. The van der Waals surface area contributed by atoms with Crippen molar-refractivity contribution in [1.82, 2.24) is 30.3 Å². The first-order valence-corrected chi connectivity index (χ1v) is 19.5. The third-order valence-corrected chi connectivity index (χ3v) is 9.82. The van der Waals surface area contributed by atoms with Gasteiger partial charge in [-0.25, -0.2) is 9.78 Å². The number of ether oxygens (including phenoxy) is 4. The molecule has 1 aliphatic carbocycles. The molecule has 2 N–H and O–H groups in total. The summed E-state index contributed by atoms with van der Waals surface area (Å²) >= 11 is 0. The second-order valence-electron chi connectivity index (χ2n) is 14.1. The van der Waals surface area contributed by atoms with Gasteiger partial charge in [0.15, 0.2) is 6.61 Å². The molecule has 16 nitrogen and oxygen atoms in total. The first-order chi connectivity index (χ1) is 26.6. The van der Waals surface area contributed by atoms with Crippen LogP contribution < -0.4 is 15.4 Å². The van der Waals surface area contributed by atoms with Gasteiger partial charge in [0, 0.05) is 63.2 Å². The number of unbranched alkanes of at least 4 members (excludes halogenated alkanes) is 1. The fourth-order valence-corrected chi connectivity index (χ4v) is 6.54. The van der Waals surface area contributed by atoms with Crippen molar-refractivity contribution in [1.29, 1.82) is 0 Å². The Bertz CT molecular complexity index is 1690. The smallest absolute Gasteiger partial charge is 0.409 e. The quantitative estimate of drug-likeness (QED) is 0.168. The first-order valence-electron chi connectivity index (χ1n) is 19.5. The Morgan fingerprint density at radius 2 is 1.67 bits per heavy atom. The summed E-state index contributed by atoms with van der Waals surface area (Å²) < 4.78 is 21.9. The van der Waals surface area contributed by atoms with Crippen LogP contribution in [0.3, 0.4) is 0 Å². The zero-order valence-corrected chi connectivity index (χ0v) is 32.1. The number of carbonyl (C=O) groups is 6. The van der Waals surface area contributed by atoms with Crippen molar-refractivity contribution in [3.05, 3.63) is 35.5 Å². The van der Waals surface area contributed by atoms with Gasteiger partial charge in [-0.05, 0) is 70.1 Å². The van der Waals surface area contributed by atoms with E-state index in [-0.39, 0.29) is 88.1 Å². The van der Waals surface area contributed by atoms with Gasteiger partial charge < -0.3 is 44.3 Å². The minimum atomic E-state index is -1.12. The highest BCUT2D eigenvalue weighted by atomic mass is 16.6. The lowest BCUT2D eigenvalue weighted by Crippen LogP contribution is -2.56. The molecule has 1 aromatic heterocycles. The van der Waals surface area contributed by atoms with Crippen LogP contribution in [-0.4, -0.2) is 139 Å². The maximum atomic E-state index is 13.9. The van der Waals surface area contributed by atoms with E-state index in [4.69, 9.17) is 18.9 Å². The largest absolute Gasteiger partial charge is 0.483 e. The minimum absolute atomic E-state index is 0.0484. The number of nitrogens with one attached hydrogen (secondary N) is 2. The van der Waals surface area contributed by atoms with Crippen molar-refractivity contribution in [2.45, 2.75) is 90.3 Å². The average molecular weight is 767 g/mol. The Kier molecular flexibility index (Phi) is 15.0. The van der Waals surface area contributed by atoms with Gasteiger partial charge in [0.2, 0.25) is 11.8 Å². The Morgan fingerprint density at radius 1 is 0.909 bits per heavy atom. The summed E-state index contributed by atoms with van der Waals surface area (Å²) in [6.07, 6.45) is 4.21. The third kappa shape index (κ3) is 11.7. The Hall–Kier alpha value is -4.99. The molecule has 5 amide bonds. The summed E-state index contributed by atoms with van der Waals surface area (Å²) in [7, 11) is 0. The molecule has 3 heterocycles. The van der Waals surface area contributed by atoms with Crippen LogP contribution in [0.4, 0.5) is 4.79 Å². The normalized spacial score (nSPS) is 17.4. The first kappa shape index (κ1) is 41.2. The van der Waals surface area contributed by atoms with Crippen LogP contribution in [0, 0.1) is 6.92 Å². The standard InChI is InChI=1S/C39H54N6O10/c1-4-6-20-54-39(51)44-18-16-43(17-19-44)38(50)29(13-14-35(47)53-22-21-52-5-2)42-36(48)31-24-33(28-12-9-26(3)23-30(28)41-31)55-25-34(46)45-15-7-8-32(45)37(49)40-27-10-11-27/h9,12,23-24,27,29,32H,4-8,10-11,13-22,25H2,1-3H3,(H,40,49)(H,42,48). The number of fused-ring (bicyclic) bond motifs is 1. The molecule has 2 unspecified atom stereocenters. The second kappa shape index (κ2) is 20.1. The van der Waals surface area contributed by atoms with Crippen molar-refractivity contribution in [3.8, 4) is 5.75 Å². The molecule has 2 saturated heterocycles. The summed E-state index contributed by atoms with van der Waals surface area (Å²) in [5, 5.41) is 6.34. The van der Waals surface area contributed by atoms with Gasteiger partial charge in [-0.3, -0.25) is 24.0 Å². The van der Waals surface area contributed by atoms with Crippen LogP contribution in [0.5, 0.6) is 5.75 Å². The molecule has 55 heavy (non-hydrogen) atoms. The van der Waals surface area contributed by atoms with Crippen molar-refractivity contribution in [3.63, 3.8) is 0 Å². The molecule has 0 spiro atoms. The zero-order chi connectivity index (χ0) is 39.3. The number of pyridine rings is 1. The number of aryl methyl sites for hydroxylation is 1. The molecule has 2 atom stereocenters. The van der Waals surface area contributed by atoms with Crippen LogP contribution >= 0.6 is 0 Å². The Morgan fingerprint density at radius 3 is 2.40 bits per heavy atom. The lowest BCUT2D eigenvalue weighted by Gasteiger charge is -2.36. The molecule has 3 fully saturated rings. The third-order valence-electron chi connectivity index (χ3n) is 9.82. The fourth-order valence-electron chi connectivity index (χ4n) is 6.54. The molecule has 0 radical (unpaired) electrons. The van der Waals surface area contributed by atoms with E-state index in [0.29, 0.717) is 43.5 Å². The topological polar surface area (TPSA) is 186 Å². The van der Waals surface area contributed by atoms with Gasteiger partial charge in [0.25, 0.3) is 11.8 Å². The van der Waals surface area contributed by atoms with Gasteiger partial charge in [-0.1, -0.05) is 19.4 Å². The number of benzene rings is 1. The number of rotatable bonds is 18.